The van der Waals surface area contributed by atoms with E-state index in [1.54, 1.807) is 0 Å². The van der Waals surface area contributed by atoms with E-state index in [0.29, 0.717) is 0 Å². The van der Waals surface area contributed by atoms with E-state index < -0.39 is 0 Å². The van der Waals surface area contributed by atoms with Gasteiger partial charge in [-0.25, -0.2) is 0 Å². The zero-order valence-corrected chi connectivity index (χ0v) is 14.3. The fourth-order valence-corrected chi connectivity index (χ4v) is 5.05. The third-order valence-electron chi connectivity index (χ3n) is 6.43. The lowest BCUT2D eigenvalue weighted by Gasteiger charge is -2.38. The Labute approximate surface area is 136 Å². The minimum absolute atomic E-state index is 0.785. The molecule has 1 nitrogen and oxygen atoms in total. The summed E-state index contributed by atoms with van der Waals surface area (Å²) in [6.45, 7) is 2.34. The number of nitrogen functional groups attached to an aromatic ring is 1. The van der Waals surface area contributed by atoms with E-state index >= 15 is 0 Å². The summed E-state index contributed by atoms with van der Waals surface area (Å²) >= 11 is 0. The van der Waals surface area contributed by atoms with Crippen LogP contribution in [0.1, 0.15) is 82.6 Å². The Bertz CT molecular complexity index is 433. The van der Waals surface area contributed by atoms with Crippen molar-refractivity contribution < 1.29 is 0 Å². The SMILES string of the molecule is CCC[C@H]1CC[C@H](C2CCC(c3ccc(N)cc3)CC2)CC1. The Kier molecular flexibility index (Phi) is 5.44. The third kappa shape index (κ3) is 3.86. The van der Waals surface area contributed by atoms with Crippen molar-refractivity contribution in [3.63, 3.8) is 0 Å². The van der Waals surface area contributed by atoms with Crippen LogP contribution in [-0.4, -0.2) is 0 Å². The number of benzene rings is 1. The van der Waals surface area contributed by atoms with Crippen LogP contribution < -0.4 is 5.73 Å². The fraction of sp³-hybridized carbons (Fsp3) is 0.714. The second kappa shape index (κ2) is 7.53. The van der Waals surface area contributed by atoms with Gasteiger partial charge < -0.3 is 5.73 Å². The van der Waals surface area contributed by atoms with E-state index in [9.17, 15) is 0 Å². The predicted molar refractivity (Wildman–Crippen MR) is 95.9 cm³/mol. The summed E-state index contributed by atoms with van der Waals surface area (Å²) in [5.41, 5.74) is 8.21. The van der Waals surface area contributed by atoms with E-state index in [-0.39, 0.29) is 0 Å². The summed E-state index contributed by atoms with van der Waals surface area (Å²) in [6.07, 6.45) is 14.6. The quantitative estimate of drug-likeness (QED) is 0.663. The molecule has 3 rings (SSSR count). The monoisotopic (exact) mass is 299 g/mol. The molecule has 2 aliphatic carbocycles. The molecule has 0 amide bonds. The molecule has 2 fully saturated rings. The van der Waals surface area contributed by atoms with E-state index in [1.807, 2.05) is 0 Å². The molecule has 0 heterocycles. The molecule has 1 aromatic carbocycles. The number of hydrogen-bond acceptors (Lipinski definition) is 1. The highest BCUT2D eigenvalue weighted by Crippen LogP contribution is 2.44. The van der Waals surface area contributed by atoms with Gasteiger partial charge in [0.15, 0.2) is 0 Å². The van der Waals surface area contributed by atoms with E-state index in [1.165, 1.54) is 69.8 Å². The van der Waals surface area contributed by atoms with E-state index in [0.717, 1.165) is 29.4 Å². The van der Waals surface area contributed by atoms with Gasteiger partial charge in [0.1, 0.15) is 0 Å². The molecule has 0 spiro atoms. The summed E-state index contributed by atoms with van der Waals surface area (Å²) in [5.74, 6) is 3.90. The normalized spacial score (nSPS) is 32.8. The average Bonchev–Trinajstić information content (AvgIpc) is 2.57. The minimum atomic E-state index is 0.785. The molecule has 0 aliphatic heterocycles. The largest absolute Gasteiger partial charge is 0.399 e. The van der Waals surface area contributed by atoms with Crippen molar-refractivity contribution in [3.8, 4) is 0 Å². The van der Waals surface area contributed by atoms with Crippen LogP contribution in [0.15, 0.2) is 24.3 Å². The Morgan fingerprint density at radius 2 is 1.36 bits per heavy atom. The van der Waals surface area contributed by atoms with Gasteiger partial charge in [-0.2, -0.15) is 0 Å². The van der Waals surface area contributed by atoms with E-state index in [4.69, 9.17) is 5.73 Å². The van der Waals surface area contributed by atoms with Crippen LogP contribution in [0.4, 0.5) is 5.69 Å². The Balaban J connectivity index is 1.47. The van der Waals surface area contributed by atoms with Crippen LogP contribution >= 0.6 is 0 Å². The van der Waals surface area contributed by atoms with Gasteiger partial charge in [-0.15, -0.1) is 0 Å². The zero-order valence-electron chi connectivity index (χ0n) is 14.3. The Morgan fingerprint density at radius 1 is 0.818 bits per heavy atom. The lowest BCUT2D eigenvalue weighted by Crippen LogP contribution is -2.25. The fourth-order valence-electron chi connectivity index (χ4n) is 5.05. The van der Waals surface area contributed by atoms with E-state index in [2.05, 4.69) is 31.2 Å². The predicted octanol–water partition coefficient (Wildman–Crippen LogP) is 6.15. The van der Waals surface area contributed by atoms with Crippen molar-refractivity contribution in [1.82, 2.24) is 0 Å². The van der Waals surface area contributed by atoms with Crippen LogP contribution in [0.25, 0.3) is 0 Å². The maximum Gasteiger partial charge on any atom is 0.0314 e. The molecule has 1 heteroatoms. The molecule has 2 saturated carbocycles. The molecule has 0 atom stereocenters. The van der Waals surface area contributed by atoms with Crippen molar-refractivity contribution in [2.24, 2.45) is 17.8 Å². The second-order valence-electron chi connectivity index (χ2n) is 7.85. The smallest absolute Gasteiger partial charge is 0.0314 e. The molecule has 1 aromatic rings. The minimum Gasteiger partial charge on any atom is -0.399 e. The molecule has 0 unspecified atom stereocenters. The number of rotatable bonds is 4. The number of anilines is 1. The molecular formula is C21H33N. The lowest BCUT2D eigenvalue weighted by molar-refractivity contribution is 0.156. The average molecular weight is 300 g/mol. The van der Waals surface area contributed by atoms with Crippen molar-refractivity contribution >= 4 is 5.69 Å². The highest BCUT2D eigenvalue weighted by atomic mass is 14.5. The molecule has 0 radical (unpaired) electrons. The molecule has 122 valence electrons. The Morgan fingerprint density at radius 3 is 1.91 bits per heavy atom. The van der Waals surface area contributed by atoms with Crippen molar-refractivity contribution in [3.05, 3.63) is 29.8 Å². The first-order valence-corrected chi connectivity index (χ1v) is 9.61. The maximum absolute atomic E-state index is 5.81. The molecule has 2 N–H and O–H groups in total. The van der Waals surface area contributed by atoms with Gasteiger partial charge in [-0.1, -0.05) is 44.7 Å². The van der Waals surface area contributed by atoms with Gasteiger partial charge >= 0.3 is 0 Å². The van der Waals surface area contributed by atoms with Gasteiger partial charge in [0.05, 0.1) is 0 Å². The lowest BCUT2D eigenvalue weighted by atomic mass is 9.68. The zero-order chi connectivity index (χ0) is 15.4. The van der Waals surface area contributed by atoms with Gasteiger partial charge in [-0.05, 0) is 79.9 Å². The summed E-state index contributed by atoms with van der Waals surface area (Å²) in [4.78, 5) is 0. The highest BCUT2D eigenvalue weighted by molar-refractivity contribution is 5.40. The van der Waals surface area contributed by atoms with Crippen molar-refractivity contribution in [2.75, 3.05) is 5.73 Å². The summed E-state index contributed by atoms with van der Waals surface area (Å²) in [6, 6.07) is 8.62. The standard InChI is InChI=1S/C21H33N/c1-2-3-16-4-6-17(7-5-16)18-8-10-19(11-9-18)20-12-14-21(22)15-13-20/h12-19H,2-11,22H2,1H3/t16-,17-,18?,19?. The van der Waals surface area contributed by atoms with Crippen LogP contribution in [0.3, 0.4) is 0 Å². The number of nitrogens with two attached hydrogens (primary N) is 1. The van der Waals surface area contributed by atoms with Crippen LogP contribution in [0, 0.1) is 17.8 Å². The number of hydrogen-bond donors (Lipinski definition) is 1. The van der Waals surface area contributed by atoms with Crippen LogP contribution in [0.2, 0.25) is 0 Å². The highest BCUT2D eigenvalue weighted by Gasteiger charge is 2.30. The van der Waals surface area contributed by atoms with Gasteiger partial charge in [0.25, 0.3) is 0 Å². The first-order valence-electron chi connectivity index (χ1n) is 9.61. The summed E-state index contributed by atoms with van der Waals surface area (Å²) < 4.78 is 0. The van der Waals surface area contributed by atoms with Gasteiger partial charge in [-0.3, -0.25) is 0 Å². The molecule has 0 saturated heterocycles. The first kappa shape index (κ1) is 15.9. The van der Waals surface area contributed by atoms with Gasteiger partial charge in [0.2, 0.25) is 0 Å². The van der Waals surface area contributed by atoms with Crippen LogP contribution in [-0.2, 0) is 0 Å². The summed E-state index contributed by atoms with van der Waals surface area (Å²) in [5, 5.41) is 0. The van der Waals surface area contributed by atoms with Gasteiger partial charge in [0, 0.05) is 5.69 Å². The maximum atomic E-state index is 5.81. The van der Waals surface area contributed by atoms with Crippen LogP contribution in [0.5, 0.6) is 0 Å². The summed E-state index contributed by atoms with van der Waals surface area (Å²) in [7, 11) is 0. The second-order valence-corrected chi connectivity index (χ2v) is 7.85. The molecule has 0 aromatic heterocycles. The molecule has 2 aliphatic rings. The molecule has 0 bridgehead atoms. The molecular weight excluding hydrogens is 266 g/mol. The van der Waals surface area contributed by atoms with Crippen molar-refractivity contribution in [1.29, 1.82) is 0 Å². The first-order chi connectivity index (χ1) is 10.8. The topological polar surface area (TPSA) is 26.0 Å². The molecule has 22 heavy (non-hydrogen) atoms. The third-order valence-corrected chi connectivity index (χ3v) is 6.43. The van der Waals surface area contributed by atoms with Crippen molar-refractivity contribution in [2.45, 2.75) is 77.0 Å². The Hall–Kier alpha value is -0.980.